The Kier molecular flexibility index (Phi) is 2.59. The van der Waals surface area contributed by atoms with Crippen molar-refractivity contribution in [2.75, 3.05) is 31.2 Å². The summed E-state index contributed by atoms with van der Waals surface area (Å²) in [5, 5.41) is 6.92. The van der Waals surface area contributed by atoms with E-state index in [1.54, 1.807) is 12.5 Å². The van der Waals surface area contributed by atoms with Gasteiger partial charge < -0.3 is 14.6 Å². The Hall–Kier alpha value is -2.48. The highest BCUT2D eigenvalue weighted by molar-refractivity contribution is 5.84. The van der Waals surface area contributed by atoms with Gasteiger partial charge in [-0.2, -0.15) is 5.10 Å². The number of H-pyrrole nitrogens is 2. The molecule has 1 aliphatic heterocycles. The molecule has 0 atom stereocenters. The number of aromatic amines is 2. The molecule has 0 spiro atoms. The first-order valence-corrected chi connectivity index (χ1v) is 6.46. The Balaban J connectivity index is 1.86. The summed E-state index contributed by atoms with van der Waals surface area (Å²) in [6.07, 6.45) is 3.39. The summed E-state index contributed by atoms with van der Waals surface area (Å²) in [7, 11) is 0. The van der Waals surface area contributed by atoms with Crippen LogP contribution in [-0.4, -0.2) is 56.4 Å². The van der Waals surface area contributed by atoms with Crippen LogP contribution in [0, 0.1) is 0 Å². The first-order chi connectivity index (χ1) is 9.92. The van der Waals surface area contributed by atoms with Gasteiger partial charge in [-0.1, -0.05) is 0 Å². The minimum atomic E-state index is 0.587. The summed E-state index contributed by atoms with van der Waals surface area (Å²) in [4.78, 5) is 18.6. The fraction of sp³-hybridized carbons (Fsp3) is 0.333. The minimum Gasteiger partial charge on any atom is -0.378 e. The zero-order chi connectivity index (χ0) is 13.4. The summed E-state index contributed by atoms with van der Waals surface area (Å²) < 4.78 is 5.39. The predicted molar refractivity (Wildman–Crippen MR) is 72.3 cm³/mol. The number of hydrogen-bond donors (Lipinski definition) is 2. The van der Waals surface area contributed by atoms with Gasteiger partial charge in [-0.25, -0.2) is 15.0 Å². The Morgan fingerprint density at radius 2 is 2.10 bits per heavy atom. The van der Waals surface area contributed by atoms with Gasteiger partial charge >= 0.3 is 0 Å². The molecule has 0 bridgehead atoms. The van der Waals surface area contributed by atoms with Crippen LogP contribution in [0.5, 0.6) is 0 Å². The molecular weight excluding hydrogens is 258 g/mol. The molecule has 8 nitrogen and oxygen atoms in total. The number of imidazole rings is 1. The van der Waals surface area contributed by atoms with Crippen LogP contribution in [0.2, 0.25) is 0 Å². The molecule has 4 rings (SSSR count). The number of aromatic nitrogens is 6. The first-order valence-electron chi connectivity index (χ1n) is 6.46. The molecule has 2 N–H and O–H groups in total. The summed E-state index contributed by atoms with van der Waals surface area (Å²) in [5.41, 5.74) is 2.22. The molecule has 0 aliphatic carbocycles. The van der Waals surface area contributed by atoms with Gasteiger partial charge in [-0.15, -0.1) is 0 Å². The summed E-state index contributed by atoms with van der Waals surface area (Å²) in [6.45, 7) is 3.01. The minimum absolute atomic E-state index is 0.587. The molecule has 3 aromatic rings. The predicted octanol–water partition coefficient (Wildman–Crippen LogP) is 0.580. The normalized spacial score (nSPS) is 15.9. The molecule has 1 fully saturated rings. The van der Waals surface area contributed by atoms with E-state index in [2.05, 4.69) is 35.0 Å². The number of fused-ring (bicyclic) bond motifs is 1. The summed E-state index contributed by atoms with van der Waals surface area (Å²) in [5.74, 6) is 1.42. The standard InChI is InChI=1S/C12H13N7O/c1-2-15-18-8(1)10-16-11-9(13-7-14-11)12(17-10)19-3-5-20-6-4-19/h1-2,7H,3-6H2,(H,15,18)(H,13,14,16,17). The van der Waals surface area contributed by atoms with Crippen molar-refractivity contribution in [1.82, 2.24) is 30.1 Å². The topological polar surface area (TPSA) is 95.6 Å². The van der Waals surface area contributed by atoms with Gasteiger partial charge in [-0.05, 0) is 6.07 Å². The van der Waals surface area contributed by atoms with Crippen LogP contribution in [0.4, 0.5) is 5.82 Å². The van der Waals surface area contributed by atoms with Gasteiger partial charge in [0.1, 0.15) is 11.2 Å². The van der Waals surface area contributed by atoms with E-state index in [0.29, 0.717) is 19.0 Å². The van der Waals surface area contributed by atoms with Gasteiger partial charge in [-0.3, -0.25) is 5.10 Å². The van der Waals surface area contributed by atoms with Crippen molar-refractivity contribution >= 4 is 17.0 Å². The lowest BCUT2D eigenvalue weighted by Crippen LogP contribution is -2.37. The summed E-state index contributed by atoms with van der Waals surface area (Å²) in [6, 6.07) is 1.85. The number of nitrogens with one attached hydrogen (secondary N) is 2. The monoisotopic (exact) mass is 271 g/mol. The van der Waals surface area contributed by atoms with Crippen LogP contribution < -0.4 is 4.90 Å². The molecule has 0 saturated carbocycles. The van der Waals surface area contributed by atoms with Crippen molar-refractivity contribution in [3.63, 3.8) is 0 Å². The summed E-state index contributed by atoms with van der Waals surface area (Å²) >= 11 is 0. The molecule has 4 heterocycles. The largest absolute Gasteiger partial charge is 0.378 e. The Labute approximate surface area is 114 Å². The van der Waals surface area contributed by atoms with E-state index in [-0.39, 0.29) is 0 Å². The van der Waals surface area contributed by atoms with Crippen molar-refractivity contribution in [3.8, 4) is 11.5 Å². The maximum Gasteiger partial charge on any atom is 0.184 e. The van der Waals surface area contributed by atoms with Crippen LogP contribution >= 0.6 is 0 Å². The molecule has 8 heteroatoms. The van der Waals surface area contributed by atoms with E-state index < -0.39 is 0 Å². The number of ether oxygens (including phenoxy) is 1. The smallest absolute Gasteiger partial charge is 0.184 e. The van der Waals surface area contributed by atoms with Gasteiger partial charge in [0.2, 0.25) is 0 Å². The van der Waals surface area contributed by atoms with E-state index in [4.69, 9.17) is 4.74 Å². The number of nitrogens with zero attached hydrogens (tertiary/aromatic N) is 5. The average Bonchev–Trinajstić information content (AvgIpc) is 3.18. The lowest BCUT2D eigenvalue weighted by Gasteiger charge is -2.27. The van der Waals surface area contributed by atoms with E-state index in [1.165, 1.54) is 0 Å². The third kappa shape index (κ3) is 1.81. The molecule has 0 radical (unpaired) electrons. The van der Waals surface area contributed by atoms with Gasteiger partial charge in [0, 0.05) is 19.3 Å². The Morgan fingerprint density at radius 1 is 1.20 bits per heavy atom. The highest BCUT2D eigenvalue weighted by Crippen LogP contribution is 2.25. The third-order valence-electron chi connectivity index (χ3n) is 3.30. The van der Waals surface area contributed by atoms with E-state index in [0.717, 1.165) is 35.8 Å². The highest BCUT2D eigenvalue weighted by atomic mass is 16.5. The van der Waals surface area contributed by atoms with Crippen LogP contribution in [0.3, 0.4) is 0 Å². The first kappa shape index (κ1) is 11.4. The maximum absolute atomic E-state index is 5.39. The second-order valence-electron chi connectivity index (χ2n) is 4.53. The van der Waals surface area contributed by atoms with Crippen molar-refractivity contribution < 1.29 is 4.74 Å². The molecular formula is C12H13N7O. The zero-order valence-corrected chi connectivity index (χ0v) is 10.7. The molecule has 20 heavy (non-hydrogen) atoms. The quantitative estimate of drug-likeness (QED) is 0.708. The fourth-order valence-electron chi connectivity index (χ4n) is 2.32. The van der Waals surface area contributed by atoms with Crippen LogP contribution in [0.25, 0.3) is 22.7 Å². The molecule has 102 valence electrons. The number of morpholine rings is 1. The van der Waals surface area contributed by atoms with Gasteiger partial charge in [0.05, 0.1) is 19.5 Å². The van der Waals surface area contributed by atoms with E-state index in [9.17, 15) is 0 Å². The number of hydrogen-bond acceptors (Lipinski definition) is 6. The van der Waals surface area contributed by atoms with Crippen LogP contribution in [-0.2, 0) is 4.74 Å². The zero-order valence-electron chi connectivity index (χ0n) is 10.7. The van der Waals surface area contributed by atoms with Crippen molar-refractivity contribution in [2.45, 2.75) is 0 Å². The third-order valence-corrected chi connectivity index (χ3v) is 3.30. The number of rotatable bonds is 2. The van der Waals surface area contributed by atoms with Gasteiger partial charge in [0.15, 0.2) is 17.3 Å². The van der Waals surface area contributed by atoms with Crippen molar-refractivity contribution in [1.29, 1.82) is 0 Å². The SMILES string of the molecule is c1cc(-c2nc(N3CCOCC3)c3nc[nH]c3n2)n[nH]1. The maximum atomic E-state index is 5.39. The van der Waals surface area contributed by atoms with Gasteiger partial charge in [0.25, 0.3) is 0 Å². The second-order valence-corrected chi connectivity index (χ2v) is 4.53. The molecule has 1 saturated heterocycles. The second kappa shape index (κ2) is 4.57. The highest BCUT2D eigenvalue weighted by Gasteiger charge is 2.19. The van der Waals surface area contributed by atoms with Crippen molar-refractivity contribution in [2.24, 2.45) is 0 Å². The number of anilines is 1. The van der Waals surface area contributed by atoms with Crippen LogP contribution in [0.1, 0.15) is 0 Å². The molecule has 0 aromatic carbocycles. The van der Waals surface area contributed by atoms with E-state index >= 15 is 0 Å². The van der Waals surface area contributed by atoms with E-state index in [1.807, 2.05) is 6.07 Å². The molecule has 1 aliphatic rings. The fourth-order valence-corrected chi connectivity index (χ4v) is 2.32. The molecule has 0 unspecified atom stereocenters. The average molecular weight is 271 g/mol. The Bertz CT molecular complexity index is 715. The molecule has 0 amide bonds. The van der Waals surface area contributed by atoms with Crippen LogP contribution in [0.15, 0.2) is 18.6 Å². The lowest BCUT2D eigenvalue weighted by atomic mass is 10.3. The lowest BCUT2D eigenvalue weighted by molar-refractivity contribution is 0.122. The molecule has 3 aromatic heterocycles. The van der Waals surface area contributed by atoms with Crippen molar-refractivity contribution in [3.05, 3.63) is 18.6 Å². The Morgan fingerprint density at radius 3 is 2.90 bits per heavy atom.